The summed E-state index contributed by atoms with van der Waals surface area (Å²) in [5.74, 6) is 0. The molecule has 0 radical (unpaired) electrons. The topological polar surface area (TPSA) is 53.5 Å². The number of rotatable bonds is 3. The van der Waals surface area contributed by atoms with Crippen LogP contribution in [0.3, 0.4) is 0 Å². The number of fused-ring (bicyclic) bond motifs is 1. The van der Waals surface area contributed by atoms with Gasteiger partial charge in [0.25, 0.3) is 0 Å². The number of hydrogen-bond donors (Lipinski definition) is 0. The zero-order chi connectivity index (χ0) is 20.8. The van der Waals surface area contributed by atoms with Crippen molar-refractivity contribution in [2.45, 2.75) is 25.2 Å². The second-order valence-corrected chi connectivity index (χ2v) is 11.0. The maximum absolute atomic E-state index is 13.3. The molecule has 2 aromatic carbocycles. The first-order chi connectivity index (χ1) is 13.8. The van der Waals surface area contributed by atoms with Gasteiger partial charge in [0.1, 0.15) is 0 Å². The van der Waals surface area contributed by atoms with Crippen molar-refractivity contribution in [3.63, 3.8) is 0 Å². The predicted molar refractivity (Wildman–Crippen MR) is 121 cm³/mol. The third-order valence-corrected chi connectivity index (χ3v) is 8.90. The van der Waals surface area contributed by atoms with E-state index < -0.39 is 10.0 Å². The zero-order valence-electron chi connectivity index (χ0n) is 16.2. The van der Waals surface area contributed by atoms with Crippen molar-refractivity contribution in [2.75, 3.05) is 31.1 Å². The highest BCUT2D eigenvalue weighted by molar-refractivity contribution is 7.89. The van der Waals surface area contributed by atoms with Crippen molar-refractivity contribution in [1.29, 1.82) is 0 Å². The molecule has 1 saturated heterocycles. The number of thiazole rings is 1. The molecule has 0 saturated carbocycles. The number of aromatic nitrogens is 1. The Bertz CT molecular complexity index is 1180. The Morgan fingerprint density at radius 2 is 1.79 bits per heavy atom. The minimum absolute atomic E-state index is 0.336. The SMILES string of the molecule is Cc1cc(S(=O)(=O)N2CCCN(c3nc4ccc(Cl)cc4s3)CC2)c(C)cc1Cl. The number of anilines is 1. The van der Waals surface area contributed by atoms with E-state index in [1.807, 2.05) is 25.1 Å². The van der Waals surface area contributed by atoms with Crippen LogP contribution in [0.25, 0.3) is 10.2 Å². The van der Waals surface area contributed by atoms with Crippen LogP contribution in [0.2, 0.25) is 10.0 Å². The number of benzene rings is 2. The van der Waals surface area contributed by atoms with Gasteiger partial charge in [-0.15, -0.1) is 0 Å². The monoisotopic (exact) mass is 469 g/mol. The van der Waals surface area contributed by atoms with Crippen LogP contribution in [0.1, 0.15) is 17.5 Å². The molecule has 1 aromatic heterocycles. The Kier molecular flexibility index (Phi) is 5.79. The Morgan fingerprint density at radius 1 is 1.00 bits per heavy atom. The summed E-state index contributed by atoms with van der Waals surface area (Å²) in [6, 6.07) is 9.06. The molecule has 1 aliphatic rings. The van der Waals surface area contributed by atoms with Gasteiger partial charge in [-0.05, 0) is 61.7 Å². The van der Waals surface area contributed by atoms with Crippen molar-refractivity contribution in [2.24, 2.45) is 0 Å². The van der Waals surface area contributed by atoms with Crippen LogP contribution in [-0.4, -0.2) is 43.9 Å². The minimum atomic E-state index is -3.58. The Morgan fingerprint density at radius 3 is 2.59 bits per heavy atom. The minimum Gasteiger partial charge on any atom is -0.347 e. The normalized spacial score (nSPS) is 16.3. The summed E-state index contributed by atoms with van der Waals surface area (Å²) in [4.78, 5) is 7.20. The molecule has 0 bridgehead atoms. The van der Waals surface area contributed by atoms with Gasteiger partial charge < -0.3 is 4.90 Å². The molecule has 0 amide bonds. The van der Waals surface area contributed by atoms with Gasteiger partial charge in [-0.2, -0.15) is 4.31 Å². The number of sulfonamides is 1. The molecule has 2 heterocycles. The summed E-state index contributed by atoms with van der Waals surface area (Å²) in [5.41, 5.74) is 2.35. The van der Waals surface area contributed by atoms with E-state index in [4.69, 9.17) is 28.2 Å². The maximum Gasteiger partial charge on any atom is 0.243 e. The van der Waals surface area contributed by atoms with Gasteiger partial charge in [0.15, 0.2) is 5.13 Å². The van der Waals surface area contributed by atoms with Crippen LogP contribution in [0.15, 0.2) is 35.2 Å². The summed E-state index contributed by atoms with van der Waals surface area (Å²) >= 11 is 13.8. The van der Waals surface area contributed by atoms with E-state index in [0.717, 1.165) is 33.9 Å². The lowest BCUT2D eigenvalue weighted by Crippen LogP contribution is -2.35. The molecule has 154 valence electrons. The Hall–Kier alpha value is -1.38. The van der Waals surface area contributed by atoms with Crippen molar-refractivity contribution < 1.29 is 8.42 Å². The third-order valence-electron chi connectivity index (χ3n) is 5.14. The molecule has 1 aliphatic heterocycles. The zero-order valence-corrected chi connectivity index (χ0v) is 19.3. The van der Waals surface area contributed by atoms with Crippen molar-refractivity contribution in [3.8, 4) is 0 Å². The molecular weight excluding hydrogens is 449 g/mol. The highest BCUT2D eigenvalue weighted by atomic mass is 35.5. The van der Waals surface area contributed by atoms with Crippen LogP contribution < -0.4 is 4.90 Å². The average molecular weight is 470 g/mol. The summed E-state index contributed by atoms with van der Waals surface area (Å²) in [7, 11) is -3.58. The van der Waals surface area contributed by atoms with Crippen molar-refractivity contribution >= 4 is 59.9 Å². The molecule has 0 N–H and O–H groups in total. The summed E-state index contributed by atoms with van der Waals surface area (Å²) in [6.45, 7) is 5.87. The van der Waals surface area contributed by atoms with Gasteiger partial charge in [-0.25, -0.2) is 13.4 Å². The second kappa shape index (κ2) is 8.04. The van der Waals surface area contributed by atoms with Crippen LogP contribution in [-0.2, 0) is 10.0 Å². The number of halogens is 2. The van der Waals surface area contributed by atoms with Gasteiger partial charge in [0.05, 0.1) is 15.1 Å². The van der Waals surface area contributed by atoms with Crippen LogP contribution in [0.5, 0.6) is 0 Å². The summed E-state index contributed by atoms with van der Waals surface area (Å²) in [6.07, 6.45) is 0.738. The van der Waals surface area contributed by atoms with Crippen LogP contribution >= 0.6 is 34.5 Å². The first kappa shape index (κ1) is 20.9. The molecule has 29 heavy (non-hydrogen) atoms. The Balaban J connectivity index is 1.57. The number of aryl methyl sites for hydroxylation is 2. The van der Waals surface area contributed by atoms with E-state index >= 15 is 0 Å². The van der Waals surface area contributed by atoms with E-state index in [1.165, 1.54) is 0 Å². The van der Waals surface area contributed by atoms with Gasteiger partial charge >= 0.3 is 0 Å². The number of hydrogen-bond acceptors (Lipinski definition) is 5. The molecule has 9 heteroatoms. The lowest BCUT2D eigenvalue weighted by molar-refractivity contribution is 0.432. The smallest absolute Gasteiger partial charge is 0.243 e. The van der Waals surface area contributed by atoms with Gasteiger partial charge in [0, 0.05) is 36.2 Å². The highest BCUT2D eigenvalue weighted by Crippen LogP contribution is 2.32. The molecule has 0 spiro atoms. The first-order valence-electron chi connectivity index (χ1n) is 9.33. The molecule has 3 aromatic rings. The summed E-state index contributed by atoms with van der Waals surface area (Å²) in [5, 5.41) is 2.17. The molecule has 0 unspecified atom stereocenters. The second-order valence-electron chi connectivity index (χ2n) is 7.22. The maximum atomic E-state index is 13.3. The molecule has 5 nitrogen and oxygen atoms in total. The van der Waals surface area contributed by atoms with Gasteiger partial charge in [-0.1, -0.05) is 34.5 Å². The van der Waals surface area contributed by atoms with Crippen molar-refractivity contribution in [1.82, 2.24) is 9.29 Å². The Labute approximate surface area is 184 Å². The van der Waals surface area contributed by atoms with Crippen molar-refractivity contribution in [3.05, 3.63) is 51.5 Å². The molecule has 0 atom stereocenters. The third kappa shape index (κ3) is 4.11. The molecular formula is C20H21Cl2N3O2S2. The van der Waals surface area contributed by atoms with E-state index in [1.54, 1.807) is 34.7 Å². The van der Waals surface area contributed by atoms with E-state index in [-0.39, 0.29) is 0 Å². The molecule has 0 aliphatic carbocycles. The predicted octanol–water partition coefficient (Wildman–Crippen LogP) is 5.12. The standard InChI is InChI=1S/C20H21Cl2N3O2S2/c1-13-11-19(14(2)10-16(13)22)29(26,27)25-7-3-6-24(8-9-25)20-23-17-5-4-15(21)12-18(17)28-20/h4-5,10-12H,3,6-9H2,1-2H3. The van der Waals surface area contributed by atoms with Crippen LogP contribution in [0, 0.1) is 13.8 Å². The molecule has 4 rings (SSSR count). The average Bonchev–Trinajstić information content (AvgIpc) is 2.91. The quantitative estimate of drug-likeness (QED) is 0.533. The van der Waals surface area contributed by atoms with Gasteiger partial charge in [0.2, 0.25) is 10.0 Å². The summed E-state index contributed by atoms with van der Waals surface area (Å²) < 4.78 is 29.2. The molecule has 1 fully saturated rings. The lowest BCUT2D eigenvalue weighted by atomic mass is 10.2. The number of nitrogens with zero attached hydrogens (tertiary/aromatic N) is 3. The van der Waals surface area contributed by atoms with Gasteiger partial charge in [-0.3, -0.25) is 0 Å². The van der Waals surface area contributed by atoms with E-state index in [2.05, 4.69) is 4.90 Å². The van der Waals surface area contributed by atoms with Crippen LogP contribution in [0.4, 0.5) is 5.13 Å². The van der Waals surface area contributed by atoms with E-state index in [0.29, 0.717) is 40.1 Å². The lowest BCUT2D eigenvalue weighted by Gasteiger charge is -2.22. The fourth-order valence-electron chi connectivity index (χ4n) is 3.52. The van der Waals surface area contributed by atoms with E-state index in [9.17, 15) is 8.42 Å². The first-order valence-corrected chi connectivity index (χ1v) is 12.3. The fourth-order valence-corrected chi connectivity index (χ4v) is 6.79. The fraction of sp³-hybridized carbons (Fsp3) is 0.350. The highest BCUT2D eigenvalue weighted by Gasteiger charge is 2.29. The largest absolute Gasteiger partial charge is 0.347 e.